The molecule has 1 rings (SSSR count). The molecule has 0 spiro atoms. The van der Waals surface area contributed by atoms with Gasteiger partial charge in [0.15, 0.2) is 0 Å². The van der Waals surface area contributed by atoms with Crippen LogP contribution < -0.4 is 5.32 Å². The van der Waals surface area contributed by atoms with Crippen LogP contribution in [-0.2, 0) is 11.3 Å². The van der Waals surface area contributed by atoms with Gasteiger partial charge in [-0.15, -0.1) is 0 Å². The smallest absolute Gasteiger partial charge is 0.243 e. The van der Waals surface area contributed by atoms with Gasteiger partial charge in [0.2, 0.25) is 5.91 Å². The van der Waals surface area contributed by atoms with E-state index in [1.807, 2.05) is 44.2 Å². The van der Waals surface area contributed by atoms with Gasteiger partial charge in [0, 0.05) is 11.6 Å². The fourth-order valence-electron chi connectivity index (χ4n) is 1.17. The summed E-state index contributed by atoms with van der Waals surface area (Å²) in [6, 6.07) is 7.45. The minimum Gasteiger partial charge on any atom is -0.348 e. The van der Waals surface area contributed by atoms with E-state index >= 15 is 0 Å². The van der Waals surface area contributed by atoms with Gasteiger partial charge in [0.1, 0.15) is 0 Å². The van der Waals surface area contributed by atoms with Crippen molar-refractivity contribution < 1.29 is 4.79 Å². The second-order valence-electron chi connectivity index (χ2n) is 3.95. The molecule has 0 atom stereocenters. The molecular weight excluding hydrogens is 222 g/mol. The first-order chi connectivity index (χ1) is 7.58. The van der Waals surface area contributed by atoms with Gasteiger partial charge in [-0.2, -0.15) is 0 Å². The van der Waals surface area contributed by atoms with E-state index in [1.165, 1.54) is 0 Å². The Hall–Kier alpha value is -1.28. The fourth-order valence-corrected chi connectivity index (χ4v) is 1.39. The Labute approximate surface area is 101 Å². The van der Waals surface area contributed by atoms with Gasteiger partial charge in [-0.3, -0.25) is 4.79 Å². The summed E-state index contributed by atoms with van der Waals surface area (Å²) in [6.07, 6.45) is 3.43. The summed E-state index contributed by atoms with van der Waals surface area (Å²) in [4.78, 5) is 11.4. The fraction of sp³-hybridized carbons (Fsp3) is 0.308. The van der Waals surface area contributed by atoms with Crippen LogP contribution in [0.1, 0.15) is 19.4 Å². The molecule has 0 aliphatic rings. The number of rotatable bonds is 4. The molecule has 3 heteroatoms. The third-order valence-electron chi connectivity index (χ3n) is 1.99. The molecule has 0 saturated carbocycles. The van der Waals surface area contributed by atoms with Gasteiger partial charge < -0.3 is 5.32 Å². The van der Waals surface area contributed by atoms with Crippen LogP contribution in [0, 0.1) is 5.92 Å². The Balaban J connectivity index is 2.43. The number of amides is 1. The molecule has 0 fully saturated rings. The van der Waals surface area contributed by atoms with Crippen LogP contribution in [-0.4, -0.2) is 5.91 Å². The standard InChI is InChI=1S/C13H16ClNO/c1-10(2)6-7-13(16)15-9-11-4-3-5-12(14)8-11/h3-8,10H,9H2,1-2H3,(H,15,16). The van der Waals surface area contributed by atoms with E-state index in [4.69, 9.17) is 11.6 Å². The van der Waals surface area contributed by atoms with Crippen molar-refractivity contribution in [3.05, 3.63) is 47.0 Å². The van der Waals surface area contributed by atoms with Gasteiger partial charge in [0.05, 0.1) is 0 Å². The van der Waals surface area contributed by atoms with Crippen molar-refractivity contribution in [1.82, 2.24) is 5.32 Å². The average molecular weight is 238 g/mol. The summed E-state index contributed by atoms with van der Waals surface area (Å²) in [7, 11) is 0. The van der Waals surface area contributed by atoms with Crippen LogP contribution in [0.5, 0.6) is 0 Å². The monoisotopic (exact) mass is 237 g/mol. The van der Waals surface area contributed by atoms with Crippen molar-refractivity contribution in [3.8, 4) is 0 Å². The van der Waals surface area contributed by atoms with Crippen molar-refractivity contribution in [1.29, 1.82) is 0 Å². The van der Waals surface area contributed by atoms with E-state index in [9.17, 15) is 4.79 Å². The lowest BCUT2D eigenvalue weighted by Gasteiger charge is -2.03. The zero-order chi connectivity index (χ0) is 12.0. The third kappa shape index (κ3) is 4.99. The van der Waals surface area contributed by atoms with E-state index < -0.39 is 0 Å². The highest BCUT2D eigenvalue weighted by molar-refractivity contribution is 6.30. The van der Waals surface area contributed by atoms with Crippen LogP contribution in [0.2, 0.25) is 5.02 Å². The number of carbonyl (C=O) groups is 1. The number of nitrogens with one attached hydrogen (secondary N) is 1. The van der Waals surface area contributed by atoms with Crippen LogP contribution in [0.3, 0.4) is 0 Å². The maximum atomic E-state index is 11.4. The highest BCUT2D eigenvalue weighted by atomic mass is 35.5. The molecule has 0 aliphatic carbocycles. The Morgan fingerprint density at radius 3 is 2.88 bits per heavy atom. The Bertz CT molecular complexity index is 385. The molecule has 2 nitrogen and oxygen atoms in total. The minimum absolute atomic E-state index is 0.0753. The zero-order valence-electron chi connectivity index (χ0n) is 9.53. The molecule has 0 bridgehead atoms. The predicted molar refractivity (Wildman–Crippen MR) is 67.3 cm³/mol. The summed E-state index contributed by atoms with van der Waals surface area (Å²) < 4.78 is 0. The summed E-state index contributed by atoms with van der Waals surface area (Å²) in [5.41, 5.74) is 0.999. The third-order valence-corrected chi connectivity index (χ3v) is 2.22. The first kappa shape index (κ1) is 12.8. The first-order valence-corrected chi connectivity index (χ1v) is 5.66. The summed E-state index contributed by atoms with van der Waals surface area (Å²) in [5, 5.41) is 3.48. The summed E-state index contributed by atoms with van der Waals surface area (Å²) >= 11 is 5.84. The SMILES string of the molecule is CC(C)C=CC(=O)NCc1cccc(Cl)c1. The molecule has 0 aromatic heterocycles. The quantitative estimate of drug-likeness (QED) is 0.801. The highest BCUT2D eigenvalue weighted by Gasteiger charge is 1.97. The minimum atomic E-state index is -0.0753. The number of hydrogen-bond donors (Lipinski definition) is 1. The number of hydrogen-bond acceptors (Lipinski definition) is 1. The Morgan fingerprint density at radius 2 is 2.25 bits per heavy atom. The molecule has 0 aliphatic heterocycles. The van der Waals surface area contributed by atoms with E-state index in [2.05, 4.69) is 5.32 Å². The van der Waals surface area contributed by atoms with Crippen LogP contribution in [0.4, 0.5) is 0 Å². The second-order valence-corrected chi connectivity index (χ2v) is 4.39. The van der Waals surface area contributed by atoms with Crippen molar-refractivity contribution in [2.75, 3.05) is 0 Å². The van der Waals surface area contributed by atoms with Crippen molar-refractivity contribution >= 4 is 17.5 Å². The van der Waals surface area contributed by atoms with Crippen LogP contribution in [0.15, 0.2) is 36.4 Å². The topological polar surface area (TPSA) is 29.1 Å². The number of benzene rings is 1. The van der Waals surface area contributed by atoms with E-state index in [-0.39, 0.29) is 5.91 Å². The van der Waals surface area contributed by atoms with E-state index in [0.717, 1.165) is 5.56 Å². The van der Waals surface area contributed by atoms with Crippen molar-refractivity contribution in [3.63, 3.8) is 0 Å². The maximum Gasteiger partial charge on any atom is 0.243 e. The molecular formula is C13H16ClNO. The molecule has 0 radical (unpaired) electrons. The summed E-state index contributed by atoms with van der Waals surface area (Å²) in [6.45, 7) is 4.56. The van der Waals surface area contributed by atoms with Crippen molar-refractivity contribution in [2.45, 2.75) is 20.4 Å². The van der Waals surface area contributed by atoms with Gasteiger partial charge >= 0.3 is 0 Å². The zero-order valence-corrected chi connectivity index (χ0v) is 10.3. The molecule has 0 unspecified atom stereocenters. The second kappa shape index (κ2) is 6.33. The van der Waals surface area contributed by atoms with Gasteiger partial charge in [-0.1, -0.05) is 43.7 Å². The highest BCUT2D eigenvalue weighted by Crippen LogP contribution is 2.10. The molecule has 1 amide bonds. The molecule has 0 heterocycles. The number of allylic oxidation sites excluding steroid dienone is 1. The first-order valence-electron chi connectivity index (χ1n) is 5.28. The molecule has 86 valence electrons. The molecule has 1 aromatic carbocycles. The van der Waals surface area contributed by atoms with Crippen LogP contribution >= 0.6 is 11.6 Å². The number of halogens is 1. The lowest BCUT2D eigenvalue weighted by atomic mass is 10.2. The normalized spacial score (nSPS) is 11.0. The van der Waals surface area contributed by atoms with Gasteiger partial charge in [0.25, 0.3) is 0 Å². The maximum absolute atomic E-state index is 11.4. The van der Waals surface area contributed by atoms with E-state index in [0.29, 0.717) is 17.5 Å². The molecule has 0 saturated heterocycles. The predicted octanol–water partition coefficient (Wildman–Crippen LogP) is 3.17. The van der Waals surface area contributed by atoms with Crippen LogP contribution in [0.25, 0.3) is 0 Å². The Kier molecular flexibility index (Phi) is 5.06. The molecule has 1 aromatic rings. The average Bonchev–Trinajstić information content (AvgIpc) is 2.23. The molecule has 1 N–H and O–H groups in total. The largest absolute Gasteiger partial charge is 0.348 e. The lowest BCUT2D eigenvalue weighted by Crippen LogP contribution is -2.20. The van der Waals surface area contributed by atoms with Crippen molar-refractivity contribution in [2.24, 2.45) is 5.92 Å². The molecule has 16 heavy (non-hydrogen) atoms. The summed E-state index contributed by atoms with van der Waals surface area (Å²) in [5.74, 6) is 0.311. The Morgan fingerprint density at radius 1 is 1.50 bits per heavy atom. The lowest BCUT2D eigenvalue weighted by molar-refractivity contribution is -0.116. The van der Waals surface area contributed by atoms with E-state index in [1.54, 1.807) is 6.08 Å². The van der Waals surface area contributed by atoms with Gasteiger partial charge in [-0.25, -0.2) is 0 Å². The van der Waals surface area contributed by atoms with Gasteiger partial charge in [-0.05, 0) is 29.7 Å². The number of carbonyl (C=O) groups excluding carboxylic acids is 1.